The molecule has 128 valence electrons. The van der Waals surface area contributed by atoms with E-state index in [4.69, 9.17) is 4.74 Å². The Kier molecular flexibility index (Phi) is 4.44. The summed E-state index contributed by atoms with van der Waals surface area (Å²) in [7, 11) is 2.04. The molecule has 4 heterocycles. The maximum atomic E-state index is 5.98. The van der Waals surface area contributed by atoms with Crippen LogP contribution >= 0.6 is 0 Å². The molecule has 2 fully saturated rings. The number of imidazole rings is 1. The minimum Gasteiger partial charge on any atom is -0.370 e. The zero-order chi connectivity index (χ0) is 16.4. The lowest BCUT2D eigenvalue weighted by Gasteiger charge is -2.36. The van der Waals surface area contributed by atoms with E-state index in [1.807, 2.05) is 25.6 Å². The van der Waals surface area contributed by atoms with Gasteiger partial charge >= 0.3 is 0 Å². The average Bonchev–Trinajstić information content (AvgIpc) is 3.25. The van der Waals surface area contributed by atoms with Crippen LogP contribution in [0, 0.1) is 5.92 Å². The zero-order valence-corrected chi connectivity index (χ0v) is 14.1. The molecule has 2 atom stereocenters. The number of anilines is 1. The van der Waals surface area contributed by atoms with Gasteiger partial charge in [0.1, 0.15) is 17.7 Å². The molecule has 24 heavy (non-hydrogen) atoms. The van der Waals surface area contributed by atoms with E-state index in [1.54, 1.807) is 12.4 Å². The molecule has 2 aromatic heterocycles. The van der Waals surface area contributed by atoms with E-state index in [9.17, 15) is 0 Å². The van der Waals surface area contributed by atoms with Crippen molar-refractivity contribution < 1.29 is 4.74 Å². The smallest absolute Gasteiger partial charge is 0.147 e. The highest BCUT2D eigenvalue weighted by Crippen LogP contribution is 2.34. The van der Waals surface area contributed by atoms with Crippen LogP contribution in [0.1, 0.15) is 18.3 Å². The van der Waals surface area contributed by atoms with Crippen molar-refractivity contribution in [3.8, 4) is 0 Å². The summed E-state index contributed by atoms with van der Waals surface area (Å²) in [4.78, 5) is 17.9. The van der Waals surface area contributed by atoms with Gasteiger partial charge in [0.25, 0.3) is 0 Å². The molecule has 0 bridgehead atoms. The molecular weight excluding hydrogens is 304 g/mol. The summed E-state index contributed by atoms with van der Waals surface area (Å²) < 4.78 is 8.06. The number of piperazine rings is 1. The molecule has 7 nitrogen and oxygen atoms in total. The quantitative estimate of drug-likeness (QED) is 0.838. The first kappa shape index (κ1) is 15.5. The van der Waals surface area contributed by atoms with Crippen molar-refractivity contribution in [2.45, 2.75) is 12.5 Å². The predicted octanol–water partition coefficient (Wildman–Crippen LogP) is 1.11. The molecule has 0 unspecified atom stereocenters. The molecule has 0 saturated carbocycles. The number of rotatable bonds is 4. The number of aryl methyl sites for hydroxylation is 1. The molecule has 2 saturated heterocycles. The molecule has 0 N–H and O–H groups in total. The first-order valence-corrected chi connectivity index (χ1v) is 8.63. The third-order valence-corrected chi connectivity index (χ3v) is 5.07. The average molecular weight is 328 g/mol. The fourth-order valence-electron chi connectivity index (χ4n) is 3.70. The Bertz CT molecular complexity index is 652. The monoisotopic (exact) mass is 328 g/mol. The van der Waals surface area contributed by atoms with Crippen molar-refractivity contribution in [2.24, 2.45) is 13.0 Å². The summed E-state index contributed by atoms with van der Waals surface area (Å²) in [6, 6.07) is 0. The van der Waals surface area contributed by atoms with Gasteiger partial charge in [0, 0.05) is 77.1 Å². The highest BCUT2D eigenvalue weighted by atomic mass is 16.5. The van der Waals surface area contributed by atoms with Gasteiger partial charge in [-0.1, -0.05) is 0 Å². The summed E-state index contributed by atoms with van der Waals surface area (Å²) in [5, 5.41) is 0. The molecule has 0 aromatic carbocycles. The van der Waals surface area contributed by atoms with Crippen LogP contribution in [-0.4, -0.2) is 63.7 Å². The Morgan fingerprint density at radius 2 is 2.00 bits per heavy atom. The molecule has 2 aliphatic rings. The van der Waals surface area contributed by atoms with E-state index in [-0.39, 0.29) is 6.10 Å². The Hall–Kier alpha value is -1.99. The first-order valence-electron chi connectivity index (χ1n) is 8.63. The summed E-state index contributed by atoms with van der Waals surface area (Å²) in [6.45, 7) is 6.02. The van der Waals surface area contributed by atoms with E-state index < -0.39 is 0 Å². The zero-order valence-electron chi connectivity index (χ0n) is 14.1. The predicted molar refractivity (Wildman–Crippen MR) is 90.7 cm³/mol. The number of ether oxygens (including phenoxy) is 1. The van der Waals surface area contributed by atoms with Crippen molar-refractivity contribution in [1.82, 2.24) is 24.4 Å². The fourth-order valence-corrected chi connectivity index (χ4v) is 3.70. The van der Waals surface area contributed by atoms with Crippen molar-refractivity contribution in [2.75, 3.05) is 44.2 Å². The summed E-state index contributed by atoms with van der Waals surface area (Å²) in [5.74, 6) is 2.55. The van der Waals surface area contributed by atoms with Gasteiger partial charge in [-0.2, -0.15) is 0 Å². The van der Waals surface area contributed by atoms with Gasteiger partial charge in [0.05, 0.1) is 6.20 Å². The van der Waals surface area contributed by atoms with Gasteiger partial charge < -0.3 is 14.2 Å². The van der Waals surface area contributed by atoms with Gasteiger partial charge in [0.15, 0.2) is 0 Å². The van der Waals surface area contributed by atoms with Crippen LogP contribution in [-0.2, 0) is 11.8 Å². The van der Waals surface area contributed by atoms with Crippen molar-refractivity contribution in [1.29, 1.82) is 0 Å². The summed E-state index contributed by atoms with van der Waals surface area (Å²) >= 11 is 0. The molecule has 7 heteroatoms. The van der Waals surface area contributed by atoms with E-state index >= 15 is 0 Å². The highest BCUT2D eigenvalue weighted by molar-refractivity contribution is 5.35. The van der Waals surface area contributed by atoms with Gasteiger partial charge in [-0.05, 0) is 6.42 Å². The summed E-state index contributed by atoms with van der Waals surface area (Å²) in [6.07, 6.45) is 10.4. The van der Waals surface area contributed by atoms with Crippen molar-refractivity contribution in [3.05, 3.63) is 36.8 Å². The maximum absolute atomic E-state index is 5.98. The Labute approximate surface area is 142 Å². The minimum atomic E-state index is 0.128. The van der Waals surface area contributed by atoms with Crippen LogP contribution in [0.2, 0.25) is 0 Å². The Balaban J connectivity index is 1.34. The molecule has 0 spiro atoms. The molecule has 0 amide bonds. The largest absolute Gasteiger partial charge is 0.370 e. The standard InChI is InChI=1S/C17H24N6O/c1-21-6-5-20-17(21)16-14(2-11-24-16)13-22-7-9-23(10-8-22)15-12-18-3-4-19-15/h3-6,12,14,16H,2,7-11,13H2,1H3/t14-,16+/m0/s1. The third-order valence-electron chi connectivity index (χ3n) is 5.07. The van der Waals surface area contributed by atoms with Crippen LogP contribution in [0.25, 0.3) is 0 Å². The third kappa shape index (κ3) is 3.14. The molecule has 4 rings (SSSR count). The van der Waals surface area contributed by atoms with Crippen molar-refractivity contribution in [3.63, 3.8) is 0 Å². The van der Waals surface area contributed by atoms with Crippen LogP contribution in [0.3, 0.4) is 0 Å². The lowest BCUT2D eigenvalue weighted by Crippen LogP contribution is -2.48. The molecule has 2 aromatic rings. The van der Waals surface area contributed by atoms with E-state index in [1.165, 1.54) is 0 Å². The molecular formula is C17H24N6O. The maximum Gasteiger partial charge on any atom is 0.147 e. The van der Waals surface area contributed by atoms with Crippen LogP contribution in [0.4, 0.5) is 5.82 Å². The SMILES string of the molecule is Cn1ccnc1[C@@H]1OCC[C@H]1CN1CCN(c2cnccn2)CC1. The van der Waals surface area contributed by atoms with Gasteiger partial charge in [-0.25, -0.2) is 9.97 Å². The number of aromatic nitrogens is 4. The van der Waals surface area contributed by atoms with Gasteiger partial charge in [-0.3, -0.25) is 9.88 Å². The number of nitrogens with zero attached hydrogens (tertiary/aromatic N) is 6. The van der Waals surface area contributed by atoms with Gasteiger partial charge in [0.2, 0.25) is 0 Å². The minimum absolute atomic E-state index is 0.128. The second-order valence-corrected chi connectivity index (χ2v) is 6.59. The number of hydrogen-bond donors (Lipinski definition) is 0. The lowest BCUT2D eigenvalue weighted by molar-refractivity contribution is 0.0685. The highest BCUT2D eigenvalue weighted by Gasteiger charge is 2.34. The van der Waals surface area contributed by atoms with Crippen LogP contribution < -0.4 is 4.90 Å². The lowest BCUT2D eigenvalue weighted by atomic mass is 9.99. The first-order chi connectivity index (χ1) is 11.8. The summed E-state index contributed by atoms with van der Waals surface area (Å²) in [5.41, 5.74) is 0. The Morgan fingerprint density at radius 3 is 2.71 bits per heavy atom. The molecule has 2 aliphatic heterocycles. The van der Waals surface area contributed by atoms with E-state index in [0.717, 1.165) is 57.4 Å². The second kappa shape index (κ2) is 6.86. The van der Waals surface area contributed by atoms with E-state index in [0.29, 0.717) is 5.92 Å². The fraction of sp³-hybridized carbons (Fsp3) is 0.588. The topological polar surface area (TPSA) is 59.3 Å². The van der Waals surface area contributed by atoms with E-state index in [2.05, 4.69) is 29.3 Å². The Morgan fingerprint density at radius 1 is 1.12 bits per heavy atom. The normalized spacial score (nSPS) is 25.3. The number of hydrogen-bond acceptors (Lipinski definition) is 6. The van der Waals surface area contributed by atoms with Crippen LogP contribution in [0.15, 0.2) is 31.0 Å². The van der Waals surface area contributed by atoms with Gasteiger partial charge in [-0.15, -0.1) is 0 Å². The molecule has 0 radical (unpaired) electrons. The van der Waals surface area contributed by atoms with Crippen molar-refractivity contribution >= 4 is 5.82 Å². The second-order valence-electron chi connectivity index (χ2n) is 6.59. The molecule has 0 aliphatic carbocycles. The van der Waals surface area contributed by atoms with Crippen LogP contribution in [0.5, 0.6) is 0 Å².